The van der Waals surface area contributed by atoms with Gasteiger partial charge in [-0.05, 0) is 50.7 Å². The van der Waals surface area contributed by atoms with Gasteiger partial charge in [0.15, 0.2) is 0 Å². The average Bonchev–Trinajstić information content (AvgIpc) is 2.31. The van der Waals surface area contributed by atoms with Crippen molar-refractivity contribution in [3.8, 4) is 0 Å². The van der Waals surface area contributed by atoms with Crippen molar-refractivity contribution in [2.24, 2.45) is 17.6 Å². The molecule has 0 spiro atoms. The third kappa shape index (κ3) is 4.10. The van der Waals surface area contributed by atoms with Crippen molar-refractivity contribution in [3.05, 3.63) is 0 Å². The normalized spacial score (nSPS) is 28.4. The Kier molecular flexibility index (Phi) is 4.74. The lowest BCUT2D eigenvalue weighted by Crippen LogP contribution is -2.32. The molecule has 2 unspecified atom stereocenters. The fraction of sp³-hybridized carbons (Fsp3) is 1.00. The molecule has 2 heteroatoms. The highest BCUT2D eigenvalue weighted by Crippen LogP contribution is 2.16. The minimum absolute atomic E-state index is 0.661. The topological polar surface area (TPSA) is 29.3 Å². The second-order valence-electron chi connectivity index (χ2n) is 4.68. The molecule has 2 nitrogen and oxygen atoms in total. The highest BCUT2D eigenvalue weighted by molar-refractivity contribution is 4.69. The first-order valence-corrected chi connectivity index (χ1v) is 5.64. The molecule has 0 bridgehead atoms. The van der Waals surface area contributed by atoms with Crippen molar-refractivity contribution in [1.82, 2.24) is 4.90 Å². The summed E-state index contributed by atoms with van der Waals surface area (Å²) >= 11 is 0. The summed E-state index contributed by atoms with van der Waals surface area (Å²) in [6.07, 6.45) is 4.16. The van der Waals surface area contributed by atoms with Crippen LogP contribution in [0.15, 0.2) is 0 Å². The van der Waals surface area contributed by atoms with Gasteiger partial charge in [0.2, 0.25) is 0 Å². The summed E-state index contributed by atoms with van der Waals surface area (Å²) in [7, 11) is 0. The van der Waals surface area contributed by atoms with Crippen LogP contribution in [0.2, 0.25) is 0 Å². The first-order chi connectivity index (χ1) is 6.22. The molecular formula is C11H24N2. The predicted octanol–water partition coefficient (Wildman–Crippen LogP) is 1.70. The quantitative estimate of drug-likeness (QED) is 0.723. The molecule has 1 heterocycles. The number of hydrogen-bond donors (Lipinski definition) is 1. The maximum absolute atomic E-state index is 5.63. The fourth-order valence-electron chi connectivity index (χ4n) is 2.02. The zero-order valence-electron chi connectivity index (χ0n) is 9.13. The van der Waals surface area contributed by atoms with E-state index in [2.05, 4.69) is 18.7 Å². The van der Waals surface area contributed by atoms with Crippen LogP contribution in [0.5, 0.6) is 0 Å². The summed E-state index contributed by atoms with van der Waals surface area (Å²) in [6, 6.07) is 0. The van der Waals surface area contributed by atoms with Gasteiger partial charge in [-0.15, -0.1) is 0 Å². The molecule has 1 rings (SSSR count). The Morgan fingerprint density at radius 1 is 1.38 bits per heavy atom. The summed E-state index contributed by atoms with van der Waals surface area (Å²) in [5.74, 6) is 1.59. The van der Waals surface area contributed by atoms with Crippen molar-refractivity contribution in [2.75, 3.05) is 26.2 Å². The van der Waals surface area contributed by atoms with Crippen LogP contribution in [0.1, 0.15) is 33.1 Å². The van der Waals surface area contributed by atoms with Crippen LogP contribution >= 0.6 is 0 Å². The van der Waals surface area contributed by atoms with Crippen LogP contribution in [0.3, 0.4) is 0 Å². The molecule has 0 aromatic rings. The van der Waals surface area contributed by atoms with E-state index in [1.807, 2.05) is 0 Å². The molecule has 1 aliphatic heterocycles. The van der Waals surface area contributed by atoms with Crippen LogP contribution < -0.4 is 5.73 Å². The molecule has 1 saturated heterocycles. The first-order valence-electron chi connectivity index (χ1n) is 5.64. The van der Waals surface area contributed by atoms with Crippen LogP contribution in [-0.4, -0.2) is 31.1 Å². The Bertz CT molecular complexity index is 136. The van der Waals surface area contributed by atoms with E-state index in [9.17, 15) is 0 Å². The molecular weight excluding hydrogens is 160 g/mol. The number of rotatable bonds is 3. The zero-order valence-corrected chi connectivity index (χ0v) is 9.13. The van der Waals surface area contributed by atoms with Crippen molar-refractivity contribution >= 4 is 0 Å². The van der Waals surface area contributed by atoms with E-state index in [1.54, 1.807) is 0 Å². The minimum atomic E-state index is 0.661. The third-order valence-corrected chi connectivity index (χ3v) is 3.08. The summed E-state index contributed by atoms with van der Waals surface area (Å²) in [6.45, 7) is 9.21. The maximum atomic E-state index is 5.63. The second-order valence-corrected chi connectivity index (χ2v) is 4.68. The predicted molar refractivity (Wildman–Crippen MR) is 57.7 cm³/mol. The number of hydrogen-bond acceptors (Lipinski definition) is 2. The largest absolute Gasteiger partial charge is 0.330 e. The van der Waals surface area contributed by atoms with Gasteiger partial charge in [0.1, 0.15) is 0 Å². The Labute approximate surface area is 82.5 Å². The van der Waals surface area contributed by atoms with Gasteiger partial charge < -0.3 is 10.6 Å². The van der Waals surface area contributed by atoms with Gasteiger partial charge in [-0.25, -0.2) is 0 Å². The van der Waals surface area contributed by atoms with E-state index in [0.29, 0.717) is 5.92 Å². The van der Waals surface area contributed by atoms with Crippen molar-refractivity contribution < 1.29 is 0 Å². The molecule has 0 aromatic carbocycles. The Morgan fingerprint density at radius 3 is 2.85 bits per heavy atom. The van der Waals surface area contributed by atoms with Crippen LogP contribution in [0.4, 0.5) is 0 Å². The Balaban J connectivity index is 2.25. The fourth-order valence-corrected chi connectivity index (χ4v) is 2.02. The summed E-state index contributed by atoms with van der Waals surface area (Å²) in [4.78, 5) is 2.58. The molecule has 1 aliphatic rings. The average molecular weight is 184 g/mol. The zero-order chi connectivity index (χ0) is 9.68. The van der Waals surface area contributed by atoms with Crippen molar-refractivity contribution in [3.63, 3.8) is 0 Å². The number of nitrogens with two attached hydrogens (primary N) is 1. The van der Waals surface area contributed by atoms with Gasteiger partial charge in [0.05, 0.1) is 0 Å². The second kappa shape index (κ2) is 5.61. The number of likely N-dealkylation sites (tertiary alicyclic amines) is 1. The molecule has 0 radical (unpaired) electrons. The summed E-state index contributed by atoms with van der Waals surface area (Å²) < 4.78 is 0. The minimum Gasteiger partial charge on any atom is -0.330 e. The van der Waals surface area contributed by atoms with Crippen molar-refractivity contribution in [1.29, 1.82) is 0 Å². The standard InChI is InChI=1S/C11H24N2/c1-10-4-3-6-13(7-5-10)9-11(2)8-12/h10-11H,3-9,12H2,1-2H3. The van der Waals surface area contributed by atoms with E-state index in [0.717, 1.165) is 12.5 Å². The maximum Gasteiger partial charge on any atom is 0.00191 e. The van der Waals surface area contributed by atoms with E-state index in [1.165, 1.54) is 38.9 Å². The smallest absolute Gasteiger partial charge is 0.00191 e. The summed E-state index contributed by atoms with van der Waals surface area (Å²) in [5.41, 5.74) is 5.63. The SMILES string of the molecule is CC1CCCN(CC(C)CN)CC1. The van der Waals surface area contributed by atoms with E-state index in [4.69, 9.17) is 5.73 Å². The molecule has 78 valence electrons. The lowest BCUT2D eigenvalue weighted by molar-refractivity contribution is 0.246. The first kappa shape index (κ1) is 11.0. The molecule has 0 aliphatic carbocycles. The van der Waals surface area contributed by atoms with Crippen LogP contribution in [-0.2, 0) is 0 Å². The van der Waals surface area contributed by atoms with Gasteiger partial charge in [-0.1, -0.05) is 13.8 Å². The van der Waals surface area contributed by atoms with Gasteiger partial charge in [-0.3, -0.25) is 0 Å². The lowest BCUT2D eigenvalue weighted by atomic mass is 10.0. The highest BCUT2D eigenvalue weighted by atomic mass is 15.1. The molecule has 0 amide bonds. The monoisotopic (exact) mass is 184 g/mol. The molecule has 13 heavy (non-hydrogen) atoms. The van der Waals surface area contributed by atoms with E-state index >= 15 is 0 Å². The molecule has 1 fully saturated rings. The Hall–Kier alpha value is -0.0800. The van der Waals surface area contributed by atoms with E-state index < -0.39 is 0 Å². The lowest BCUT2D eigenvalue weighted by Gasteiger charge is -2.23. The van der Waals surface area contributed by atoms with Crippen LogP contribution in [0.25, 0.3) is 0 Å². The molecule has 2 N–H and O–H groups in total. The third-order valence-electron chi connectivity index (χ3n) is 3.08. The highest BCUT2D eigenvalue weighted by Gasteiger charge is 2.14. The summed E-state index contributed by atoms with van der Waals surface area (Å²) in [5, 5.41) is 0. The molecule has 2 atom stereocenters. The molecule has 0 aromatic heterocycles. The van der Waals surface area contributed by atoms with E-state index in [-0.39, 0.29) is 0 Å². The Morgan fingerprint density at radius 2 is 2.15 bits per heavy atom. The van der Waals surface area contributed by atoms with Gasteiger partial charge in [0, 0.05) is 6.54 Å². The van der Waals surface area contributed by atoms with Gasteiger partial charge in [0.25, 0.3) is 0 Å². The van der Waals surface area contributed by atoms with Gasteiger partial charge >= 0.3 is 0 Å². The van der Waals surface area contributed by atoms with Crippen molar-refractivity contribution in [2.45, 2.75) is 33.1 Å². The molecule has 0 saturated carbocycles. The van der Waals surface area contributed by atoms with Crippen LogP contribution in [0, 0.1) is 11.8 Å². The van der Waals surface area contributed by atoms with Gasteiger partial charge in [-0.2, -0.15) is 0 Å². The number of nitrogens with zero attached hydrogens (tertiary/aromatic N) is 1.